The van der Waals surface area contributed by atoms with Crippen LogP contribution in [0.3, 0.4) is 0 Å². The van der Waals surface area contributed by atoms with Crippen molar-refractivity contribution in [2.75, 3.05) is 11.9 Å². The lowest BCUT2D eigenvalue weighted by Gasteiger charge is -2.13. The van der Waals surface area contributed by atoms with Crippen LogP contribution in [0.1, 0.15) is 30.0 Å². The lowest BCUT2D eigenvalue weighted by molar-refractivity contribution is 0.901. The third-order valence-corrected chi connectivity index (χ3v) is 5.66. The molecule has 5 nitrogen and oxygen atoms in total. The molecule has 0 bridgehead atoms. The van der Waals surface area contributed by atoms with Crippen molar-refractivity contribution in [3.05, 3.63) is 76.7 Å². The van der Waals surface area contributed by atoms with E-state index in [4.69, 9.17) is 4.98 Å². The molecule has 4 aromatic rings. The Balaban J connectivity index is 1.50. The number of pyridine rings is 1. The molecule has 1 fully saturated rings. The molecule has 0 aliphatic heterocycles. The van der Waals surface area contributed by atoms with Crippen molar-refractivity contribution in [3.63, 3.8) is 0 Å². The Labute approximate surface area is 172 Å². The summed E-state index contributed by atoms with van der Waals surface area (Å²) >= 11 is 3.59. The molecular weight excluding hydrogens is 414 g/mol. The molecule has 3 heterocycles. The number of fused-ring (bicyclic) bond motifs is 1. The van der Waals surface area contributed by atoms with Crippen LogP contribution in [0, 0.1) is 0 Å². The molecule has 0 unspecified atom stereocenters. The first-order valence-corrected chi connectivity index (χ1v) is 10.4. The summed E-state index contributed by atoms with van der Waals surface area (Å²) in [6.45, 7) is 0.775. The second-order valence-electron chi connectivity index (χ2n) is 7.11. The van der Waals surface area contributed by atoms with E-state index in [9.17, 15) is 0 Å². The molecule has 0 amide bonds. The number of rotatable bonds is 6. The molecule has 5 rings (SSSR count). The quantitative estimate of drug-likeness (QED) is 0.460. The normalized spacial score (nSPS) is 13.8. The third kappa shape index (κ3) is 3.40. The predicted molar refractivity (Wildman–Crippen MR) is 115 cm³/mol. The molecule has 1 saturated carbocycles. The van der Waals surface area contributed by atoms with E-state index in [0.717, 1.165) is 40.3 Å². The van der Waals surface area contributed by atoms with Gasteiger partial charge in [-0.05, 0) is 52.4 Å². The highest BCUT2D eigenvalue weighted by atomic mass is 79.9. The van der Waals surface area contributed by atoms with Gasteiger partial charge in [0.15, 0.2) is 5.65 Å². The smallest absolute Gasteiger partial charge is 0.172 e. The Kier molecular flexibility index (Phi) is 4.56. The van der Waals surface area contributed by atoms with E-state index in [-0.39, 0.29) is 0 Å². The molecule has 0 spiro atoms. The van der Waals surface area contributed by atoms with Crippen LogP contribution in [0.15, 0.2) is 65.4 Å². The van der Waals surface area contributed by atoms with Crippen LogP contribution in [0.4, 0.5) is 5.82 Å². The Morgan fingerprint density at radius 1 is 1.11 bits per heavy atom. The highest BCUT2D eigenvalue weighted by Gasteiger charge is 2.26. The van der Waals surface area contributed by atoms with Gasteiger partial charge >= 0.3 is 0 Å². The molecule has 28 heavy (non-hydrogen) atoms. The largest absolute Gasteiger partial charge is 0.369 e. The van der Waals surface area contributed by atoms with Gasteiger partial charge < -0.3 is 5.32 Å². The minimum absolute atomic E-state index is 0.670. The maximum atomic E-state index is 4.90. The number of benzene rings is 1. The van der Waals surface area contributed by atoms with E-state index in [1.807, 2.05) is 28.9 Å². The molecule has 1 N–H and O–H groups in total. The van der Waals surface area contributed by atoms with E-state index < -0.39 is 0 Å². The van der Waals surface area contributed by atoms with Gasteiger partial charge in [-0.1, -0.05) is 30.3 Å². The molecule has 6 heteroatoms. The number of hydrogen-bond acceptors (Lipinski definition) is 4. The van der Waals surface area contributed by atoms with E-state index in [1.54, 1.807) is 6.20 Å². The Morgan fingerprint density at radius 2 is 1.96 bits per heavy atom. The van der Waals surface area contributed by atoms with Gasteiger partial charge in [-0.25, -0.2) is 4.98 Å². The second kappa shape index (κ2) is 7.36. The Morgan fingerprint density at radius 3 is 2.79 bits per heavy atom. The topological polar surface area (TPSA) is 55.1 Å². The van der Waals surface area contributed by atoms with Crippen molar-refractivity contribution >= 4 is 27.4 Å². The fourth-order valence-corrected chi connectivity index (χ4v) is 3.89. The Hall–Kier alpha value is -2.73. The average molecular weight is 434 g/mol. The summed E-state index contributed by atoms with van der Waals surface area (Å²) in [5.74, 6) is 1.61. The lowest BCUT2D eigenvalue weighted by Crippen LogP contribution is -2.10. The number of nitrogens with zero attached hydrogens (tertiary/aromatic N) is 4. The molecule has 1 aromatic carbocycles. The summed E-state index contributed by atoms with van der Waals surface area (Å²) in [7, 11) is 0. The monoisotopic (exact) mass is 433 g/mol. The minimum atomic E-state index is 0.670. The first kappa shape index (κ1) is 17.4. The minimum Gasteiger partial charge on any atom is -0.369 e. The third-order valence-electron chi connectivity index (χ3n) is 5.10. The van der Waals surface area contributed by atoms with Crippen molar-refractivity contribution in [1.29, 1.82) is 0 Å². The van der Waals surface area contributed by atoms with Gasteiger partial charge in [0.2, 0.25) is 0 Å². The van der Waals surface area contributed by atoms with Crippen molar-refractivity contribution < 1.29 is 0 Å². The van der Waals surface area contributed by atoms with Crippen LogP contribution in [0.25, 0.3) is 16.9 Å². The molecular formula is C22H20BrN5. The van der Waals surface area contributed by atoms with Crippen LogP contribution in [-0.4, -0.2) is 26.1 Å². The molecule has 140 valence electrons. The summed E-state index contributed by atoms with van der Waals surface area (Å²) in [5, 5.41) is 8.00. The van der Waals surface area contributed by atoms with Gasteiger partial charge in [0, 0.05) is 36.5 Å². The van der Waals surface area contributed by atoms with Crippen LogP contribution in [0.5, 0.6) is 0 Å². The van der Waals surface area contributed by atoms with Crippen LogP contribution in [-0.2, 0) is 6.42 Å². The van der Waals surface area contributed by atoms with Gasteiger partial charge in [0.25, 0.3) is 0 Å². The van der Waals surface area contributed by atoms with E-state index >= 15 is 0 Å². The maximum absolute atomic E-state index is 4.90. The van der Waals surface area contributed by atoms with Gasteiger partial charge in [0.05, 0.1) is 16.4 Å². The van der Waals surface area contributed by atoms with Crippen molar-refractivity contribution in [2.45, 2.75) is 25.2 Å². The van der Waals surface area contributed by atoms with Crippen LogP contribution in [0.2, 0.25) is 0 Å². The number of anilines is 1. The summed E-state index contributed by atoms with van der Waals surface area (Å²) in [6, 6.07) is 16.7. The average Bonchev–Trinajstić information content (AvgIpc) is 3.52. The highest BCUT2D eigenvalue weighted by molar-refractivity contribution is 9.10. The van der Waals surface area contributed by atoms with E-state index in [0.29, 0.717) is 5.92 Å². The Bertz CT molecular complexity index is 1120. The molecule has 3 aromatic heterocycles. The van der Waals surface area contributed by atoms with E-state index in [1.165, 1.54) is 24.0 Å². The SMILES string of the molecule is Brc1cnn2c(NCCc3ccccn3)cc(-c3ccccc3C3CC3)nc12. The summed E-state index contributed by atoms with van der Waals surface area (Å²) in [6.07, 6.45) is 7.01. The van der Waals surface area contributed by atoms with Crippen LogP contribution >= 0.6 is 15.9 Å². The predicted octanol–water partition coefficient (Wildman–Crippen LogP) is 5.09. The van der Waals surface area contributed by atoms with Crippen molar-refractivity contribution in [3.8, 4) is 11.3 Å². The number of hydrogen-bond donors (Lipinski definition) is 1. The van der Waals surface area contributed by atoms with Gasteiger partial charge in [-0.2, -0.15) is 9.61 Å². The maximum Gasteiger partial charge on any atom is 0.172 e. The summed E-state index contributed by atoms with van der Waals surface area (Å²) in [5.41, 5.74) is 5.49. The summed E-state index contributed by atoms with van der Waals surface area (Å²) in [4.78, 5) is 9.30. The number of nitrogens with one attached hydrogen (secondary N) is 1. The molecule has 0 saturated heterocycles. The van der Waals surface area contributed by atoms with Gasteiger partial charge in [-0.15, -0.1) is 0 Å². The van der Waals surface area contributed by atoms with Gasteiger partial charge in [0.1, 0.15) is 5.82 Å². The van der Waals surface area contributed by atoms with Crippen LogP contribution < -0.4 is 5.32 Å². The molecule has 1 aliphatic carbocycles. The second-order valence-corrected chi connectivity index (χ2v) is 7.97. The number of aromatic nitrogens is 4. The fourth-order valence-electron chi connectivity index (χ4n) is 3.55. The van der Waals surface area contributed by atoms with E-state index in [2.05, 4.69) is 61.7 Å². The molecule has 0 radical (unpaired) electrons. The lowest BCUT2D eigenvalue weighted by atomic mass is 10.0. The van der Waals surface area contributed by atoms with Crippen molar-refractivity contribution in [1.82, 2.24) is 19.6 Å². The zero-order chi connectivity index (χ0) is 18.9. The standard InChI is InChI=1S/C22H20BrN5/c23-19-14-26-28-21(25-12-10-16-5-3-4-11-24-16)13-20(27-22(19)28)18-7-2-1-6-17(18)15-8-9-15/h1-7,11,13-15,25H,8-10,12H2. The number of halogens is 1. The molecule has 0 atom stereocenters. The fraction of sp³-hybridized carbons (Fsp3) is 0.227. The highest BCUT2D eigenvalue weighted by Crippen LogP contribution is 2.44. The zero-order valence-corrected chi connectivity index (χ0v) is 16.9. The van der Waals surface area contributed by atoms with Crippen molar-refractivity contribution in [2.24, 2.45) is 0 Å². The first-order valence-electron chi connectivity index (χ1n) is 9.57. The zero-order valence-electron chi connectivity index (χ0n) is 15.3. The van der Waals surface area contributed by atoms with Gasteiger partial charge in [-0.3, -0.25) is 4.98 Å². The first-order chi connectivity index (χ1) is 13.8. The summed E-state index contributed by atoms with van der Waals surface area (Å²) < 4.78 is 2.75. The molecule has 1 aliphatic rings.